The summed E-state index contributed by atoms with van der Waals surface area (Å²) in [7, 11) is 2.89. The van der Waals surface area contributed by atoms with E-state index in [2.05, 4.69) is 0 Å². The molecule has 0 unspecified atom stereocenters. The van der Waals surface area contributed by atoms with Crippen molar-refractivity contribution in [3.63, 3.8) is 0 Å². The molecule has 7 nitrogen and oxygen atoms in total. The normalized spacial score (nSPS) is 17.1. The van der Waals surface area contributed by atoms with Gasteiger partial charge in [0.15, 0.2) is 5.82 Å². The van der Waals surface area contributed by atoms with Gasteiger partial charge >= 0.3 is 5.97 Å². The highest BCUT2D eigenvalue weighted by molar-refractivity contribution is 5.93. The van der Waals surface area contributed by atoms with Crippen molar-refractivity contribution in [1.29, 1.82) is 0 Å². The highest BCUT2D eigenvalue weighted by Gasteiger charge is 2.28. The summed E-state index contributed by atoms with van der Waals surface area (Å²) in [6.45, 7) is 0.739. The molecule has 1 N–H and O–H groups in total. The Morgan fingerprint density at radius 2 is 1.92 bits per heavy atom. The molecule has 25 heavy (non-hydrogen) atoms. The highest BCUT2D eigenvalue weighted by atomic mass is 19.1. The number of quaternary nitrogens is 1. The molecule has 0 saturated carbocycles. The second-order valence-electron chi connectivity index (χ2n) is 6.44. The van der Waals surface area contributed by atoms with Crippen LogP contribution < -0.4 is 10.3 Å². The summed E-state index contributed by atoms with van der Waals surface area (Å²) in [5.41, 5.74) is -1.96. The molecule has 1 aliphatic heterocycles. The van der Waals surface area contributed by atoms with Crippen LogP contribution in [0, 0.1) is 16.8 Å². The smallest absolute Gasteiger partial charge is 0.341 e. The maximum Gasteiger partial charge on any atom is 0.341 e. The summed E-state index contributed by atoms with van der Waals surface area (Å²) < 4.78 is 30.2. The summed E-state index contributed by atoms with van der Waals surface area (Å²) in [4.78, 5) is 24.8. The second kappa shape index (κ2) is 5.78. The zero-order chi connectivity index (χ0) is 18.5. The molecule has 9 heteroatoms. The van der Waals surface area contributed by atoms with E-state index in [0.717, 1.165) is 16.8 Å². The average molecular weight is 353 g/mol. The molecular formula is C16H17F2N3O4. The Morgan fingerprint density at radius 1 is 1.32 bits per heavy atom. The Hall–Kier alpha value is -2.52. The van der Waals surface area contributed by atoms with E-state index in [4.69, 9.17) is 5.11 Å². The molecule has 0 atom stereocenters. The molecule has 0 spiro atoms. The van der Waals surface area contributed by atoms with E-state index >= 15 is 4.39 Å². The Kier molecular flexibility index (Phi) is 4.00. The van der Waals surface area contributed by atoms with Crippen LogP contribution in [0.3, 0.4) is 0 Å². The number of pyridine rings is 1. The van der Waals surface area contributed by atoms with Crippen LogP contribution in [0.5, 0.6) is 0 Å². The fourth-order valence-electron chi connectivity index (χ4n) is 3.13. The molecule has 3 rings (SSSR count). The van der Waals surface area contributed by atoms with Crippen molar-refractivity contribution in [2.24, 2.45) is 7.05 Å². The van der Waals surface area contributed by atoms with Crippen molar-refractivity contribution in [2.75, 3.05) is 38.1 Å². The maximum absolute atomic E-state index is 15.0. The lowest BCUT2D eigenvalue weighted by Crippen LogP contribution is -2.54. The quantitative estimate of drug-likeness (QED) is 0.649. The number of fused-ring (bicyclic) bond motifs is 1. The number of aromatic carboxylic acids is 1. The number of nitrogens with zero attached hydrogens (tertiary/aromatic N) is 3. The van der Waals surface area contributed by atoms with Gasteiger partial charge in [0.2, 0.25) is 5.43 Å². The zero-order valence-corrected chi connectivity index (χ0v) is 13.8. The van der Waals surface area contributed by atoms with Crippen LogP contribution in [0.1, 0.15) is 10.4 Å². The summed E-state index contributed by atoms with van der Waals surface area (Å²) >= 11 is 0. The Balaban J connectivity index is 2.20. The van der Waals surface area contributed by atoms with E-state index in [0.29, 0.717) is 0 Å². The molecular weight excluding hydrogens is 336 g/mol. The van der Waals surface area contributed by atoms with Gasteiger partial charge in [0.25, 0.3) is 0 Å². The van der Waals surface area contributed by atoms with Crippen molar-refractivity contribution < 1.29 is 23.3 Å². The fourth-order valence-corrected chi connectivity index (χ4v) is 3.13. The van der Waals surface area contributed by atoms with Gasteiger partial charge in [0, 0.05) is 13.2 Å². The number of hydrogen-bond donors (Lipinski definition) is 1. The number of piperazine rings is 1. The van der Waals surface area contributed by atoms with E-state index in [1.54, 1.807) is 0 Å². The lowest BCUT2D eigenvalue weighted by atomic mass is 10.1. The van der Waals surface area contributed by atoms with Crippen molar-refractivity contribution >= 4 is 22.6 Å². The van der Waals surface area contributed by atoms with Crippen LogP contribution in [0.4, 0.5) is 14.5 Å². The predicted octanol–water partition coefficient (Wildman–Crippen LogP) is 1.28. The third kappa shape index (κ3) is 2.85. The minimum absolute atomic E-state index is 0.170. The van der Waals surface area contributed by atoms with Gasteiger partial charge in [-0.2, -0.15) is 0 Å². The number of hydroxylamine groups is 3. The summed E-state index contributed by atoms with van der Waals surface area (Å²) in [6, 6.07) is 0.863. The number of benzene rings is 1. The Morgan fingerprint density at radius 3 is 2.48 bits per heavy atom. The van der Waals surface area contributed by atoms with Crippen molar-refractivity contribution in [2.45, 2.75) is 0 Å². The number of rotatable bonds is 2. The Labute approximate surface area is 141 Å². The van der Waals surface area contributed by atoms with Crippen LogP contribution in [-0.4, -0.2) is 53.5 Å². The van der Waals surface area contributed by atoms with E-state index in [1.165, 1.54) is 19.0 Å². The largest absolute Gasteiger partial charge is 0.633 e. The molecule has 1 aromatic carbocycles. The second-order valence-corrected chi connectivity index (χ2v) is 6.44. The average Bonchev–Trinajstić information content (AvgIpc) is 2.51. The number of halogens is 2. The molecule has 0 aliphatic carbocycles. The first-order valence-electron chi connectivity index (χ1n) is 7.67. The van der Waals surface area contributed by atoms with Crippen molar-refractivity contribution in [3.8, 4) is 0 Å². The number of aromatic nitrogens is 1. The van der Waals surface area contributed by atoms with Crippen LogP contribution in [0.15, 0.2) is 17.1 Å². The number of hydrogen-bond acceptors (Lipinski definition) is 4. The van der Waals surface area contributed by atoms with E-state index in [-0.39, 0.29) is 42.8 Å². The predicted molar refractivity (Wildman–Crippen MR) is 87.6 cm³/mol. The van der Waals surface area contributed by atoms with Gasteiger partial charge in [-0.15, -0.1) is 0 Å². The lowest BCUT2D eigenvalue weighted by Gasteiger charge is -2.45. The minimum atomic E-state index is -1.46. The van der Waals surface area contributed by atoms with E-state index < -0.39 is 33.2 Å². The standard InChI is InChI=1S/C16H17F2N3O4/c1-19-8-10(16(23)24)15(22)9-7-11(17)14(12(18)13(9)19)20-3-5-21(2,25)6-4-20/h7-8H,3-6H2,1-2H3,(H,23,24). The van der Waals surface area contributed by atoms with Gasteiger partial charge in [0.05, 0.1) is 44.1 Å². The SMILES string of the molecule is Cn1cc(C(=O)O)c(=O)c2cc(F)c(N3CC[N+](C)([O-])CC3)c(F)c21. The topological polar surface area (TPSA) is 85.6 Å². The van der Waals surface area contributed by atoms with Gasteiger partial charge in [-0.3, -0.25) is 4.79 Å². The number of anilines is 1. The molecule has 2 aromatic rings. The van der Waals surface area contributed by atoms with Crippen molar-refractivity contribution in [3.05, 3.63) is 44.9 Å². The van der Waals surface area contributed by atoms with Gasteiger partial charge in [0.1, 0.15) is 17.1 Å². The van der Waals surface area contributed by atoms with Gasteiger partial charge in [-0.1, -0.05) is 0 Å². The van der Waals surface area contributed by atoms with Crippen LogP contribution >= 0.6 is 0 Å². The number of carboxylic acid groups (broad SMARTS) is 1. The monoisotopic (exact) mass is 353 g/mol. The summed E-state index contributed by atoms with van der Waals surface area (Å²) in [5.74, 6) is -3.35. The van der Waals surface area contributed by atoms with Crippen molar-refractivity contribution in [1.82, 2.24) is 4.57 Å². The molecule has 2 heterocycles. The van der Waals surface area contributed by atoms with Gasteiger partial charge in [-0.25, -0.2) is 13.6 Å². The maximum atomic E-state index is 15.0. The van der Waals surface area contributed by atoms with Gasteiger partial charge in [-0.05, 0) is 6.07 Å². The molecule has 1 aliphatic rings. The molecule has 1 aromatic heterocycles. The van der Waals surface area contributed by atoms with Crippen LogP contribution in [0.2, 0.25) is 0 Å². The first-order chi connectivity index (χ1) is 11.6. The highest BCUT2D eigenvalue weighted by Crippen LogP contribution is 2.30. The third-order valence-electron chi connectivity index (χ3n) is 4.57. The van der Waals surface area contributed by atoms with Crippen LogP contribution in [0.25, 0.3) is 10.9 Å². The number of aryl methyl sites for hydroxylation is 1. The molecule has 134 valence electrons. The fraction of sp³-hybridized carbons (Fsp3) is 0.375. The minimum Gasteiger partial charge on any atom is -0.633 e. The van der Waals surface area contributed by atoms with E-state index in [1.807, 2.05) is 0 Å². The van der Waals surface area contributed by atoms with E-state index in [9.17, 15) is 19.2 Å². The number of carboxylic acids is 1. The first-order valence-corrected chi connectivity index (χ1v) is 7.67. The first kappa shape index (κ1) is 17.3. The summed E-state index contributed by atoms with van der Waals surface area (Å²) in [6.07, 6.45) is 1.01. The third-order valence-corrected chi connectivity index (χ3v) is 4.57. The molecule has 0 bridgehead atoms. The molecule has 1 saturated heterocycles. The van der Waals surface area contributed by atoms with Crippen LogP contribution in [-0.2, 0) is 7.05 Å². The lowest BCUT2D eigenvalue weighted by molar-refractivity contribution is -0.861. The number of likely N-dealkylation sites (N-methyl/N-ethyl adjacent to an activating group) is 1. The Bertz CT molecular complexity index is 929. The molecule has 0 radical (unpaired) electrons. The van der Waals surface area contributed by atoms with Gasteiger partial charge < -0.3 is 24.4 Å². The summed E-state index contributed by atoms with van der Waals surface area (Å²) in [5, 5.41) is 20.6. The zero-order valence-electron chi connectivity index (χ0n) is 13.8. The number of carbonyl (C=O) groups is 1. The molecule has 0 amide bonds. The molecule has 1 fully saturated rings.